The Labute approximate surface area is 128 Å². The zero-order chi connectivity index (χ0) is 15.1. The van der Waals surface area contributed by atoms with Gasteiger partial charge in [0.2, 0.25) is 5.91 Å². The van der Waals surface area contributed by atoms with Gasteiger partial charge in [-0.2, -0.15) is 5.26 Å². The fourth-order valence-corrected chi connectivity index (χ4v) is 2.64. The molecule has 0 saturated heterocycles. The predicted molar refractivity (Wildman–Crippen MR) is 83.4 cm³/mol. The summed E-state index contributed by atoms with van der Waals surface area (Å²) in [7, 11) is 0. The van der Waals surface area contributed by atoms with Crippen LogP contribution in [0.5, 0.6) is 5.75 Å². The van der Waals surface area contributed by atoms with E-state index in [1.807, 2.05) is 30.5 Å². The van der Waals surface area contributed by atoms with Crippen LogP contribution >= 0.6 is 11.3 Å². The van der Waals surface area contributed by atoms with Gasteiger partial charge in [0, 0.05) is 23.1 Å². The fourth-order valence-electron chi connectivity index (χ4n) is 1.89. The number of rotatable bonds is 6. The third-order valence-electron chi connectivity index (χ3n) is 2.87. The van der Waals surface area contributed by atoms with Crippen LogP contribution in [0.25, 0.3) is 0 Å². The second-order valence-electron chi connectivity index (χ2n) is 4.42. The van der Waals surface area contributed by atoms with Crippen molar-refractivity contribution in [2.75, 3.05) is 11.9 Å². The topological polar surface area (TPSA) is 62.1 Å². The number of hydrogen-bond acceptors (Lipinski definition) is 4. The summed E-state index contributed by atoms with van der Waals surface area (Å²) in [6, 6.07) is 13.1. The van der Waals surface area contributed by atoms with Crippen LogP contribution in [-0.4, -0.2) is 12.5 Å². The highest BCUT2D eigenvalue weighted by Gasteiger charge is 2.19. The van der Waals surface area contributed by atoms with Gasteiger partial charge < -0.3 is 10.1 Å². The van der Waals surface area contributed by atoms with Crippen molar-refractivity contribution >= 4 is 22.9 Å². The van der Waals surface area contributed by atoms with Crippen LogP contribution in [0.3, 0.4) is 0 Å². The van der Waals surface area contributed by atoms with E-state index in [9.17, 15) is 10.1 Å². The second kappa shape index (κ2) is 7.46. The van der Waals surface area contributed by atoms with Gasteiger partial charge in [0.1, 0.15) is 11.7 Å². The highest BCUT2D eigenvalue weighted by molar-refractivity contribution is 7.09. The summed E-state index contributed by atoms with van der Waals surface area (Å²) in [6.07, 6.45) is 0.436. The van der Waals surface area contributed by atoms with E-state index in [1.165, 1.54) is 0 Å². The molecule has 0 spiro atoms. The lowest BCUT2D eigenvalue weighted by Gasteiger charge is -2.10. The molecule has 1 amide bonds. The molecule has 21 heavy (non-hydrogen) atoms. The number of hydrogen-bond donors (Lipinski definition) is 1. The molecule has 108 valence electrons. The molecule has 0 bridgehead atoms. The first kappa shape index (κ1) is 15.1. The van der Waals surface area contributed by atoms with Crippen molar-refractivity contribution in [3.63, 3.8) is 0 Å². The summed E-state index contributed by atoms with van der Waals surface area (Å²) < 4.78 is 5.39. The number of nitrogens with zero attached hydrogens (tertiary/aromatic N) is 1. The molecule has 0 unspecified atom stereocenters. The zero-order valence-corrected chi connectivity index (χ0v) is 12.5. The molecule has 4 nitrogen and oxygen atoms in total. The number of carbonyl (C=O) groups is 1. The number of anilines is 1. The highest BCUT2D eigenvalue weighted by Crippen LogP contribution is 2.19. The maximum Gasteiger partial charge on any atom is 0.242 e. The van der Waals surface area contributed by atoms with Crippen molar-refractivity contribution in [3.05, 3.63) is 46.7 Å². The number of nitriles is 1. The van der Waals surface area contributed by atoms with Crippen LogP contribution in [-0.2, 0) is 11.2 Å². The minimum Gasteiger partial charge on any atom is -0.494 e. The lowest BCUT2D eigenvalue weighted by atomic mass is 10.1. The maximum absolute atomic E-state index is 12.2. The second-order valence-corrected chi connectivity index (χ2v) is 5.45. The van der Waals surface area contributed by atoms with Crippen LogP contribution in [0.4, 0.5) is 5.69 Å². The Kier molecular flexibility index (Phi) is 5.35. The molecule has 1 N–H and O–H groups in total. The molecule has 2 rings (SSSR count). The highest BCUT2D eigenvalue weighted by atomic mass is 32.1. The standard InChI is InChI=1S/C16H16N2O2S/c1-2-20-14-6-3-5-13(10-14)18-16(19)12(11-17)9-15-7-4-8-21-15/h3-8,10,12H,2,9H2,1H3,(H,18,19)/t12-/m0/s1. The number of thiophene rings is 1. The Morgan fingerprint density at radius 3 is 2.95 bits per heavy atom. The van der Waals surface area contributed by atoms with Crippen LogP contribution in [0.2, 0.25) is 0 Å². The quantitative estimate of drug-likeness (QED) is 0.888. The van der Waals surface area contributed by atoms with Gasteiger partial charge in [-0.25, -0.2) is 0 Å². The largest absolute Gasteiger partial charge is 0.494 e. The monoisotopic (exact) mass is 300 g/mol. The first-order valence-corrected chi connectivity index (χ1v) is 7.56. The normalized spacial score (nSPS) is 11.4. The van der Waals surface area contributed by atoms with Gasteiger partial charge in [-0.3, -0.25) is 4.79 Å². The van der Waals surface area contributed by atoms with E-state index in [1.54, 1.807) is 29.5 Å². The molecule has 1 aromatic heterocycles. The number of ether oxygens (including phenoxy) is 1. The summed E-state index contributed by atoms with van der Waals surface area (Å²) in [4.78, 5) is 13.2. The van der Waals surface area contributed by atoms with E-state index in [-0.39, 0.29) is 5.91 Å². The van der Waals surface area contributed by atoms with Gasteiger partial charge in [-0.1, -0.05) is 12.1 Å². The fraction of sp³-hybridized carbons (Fsp3) is 0.250. The molecule has 0 aliphatic rings. The first-order valence-electron chi connectivity index (χ1n) is 6.68. The number of benzene rings is 1. The van der Waals surface area contributed by atoms with Gasteiger partial charge in [0.05, 0.1) is 12.7 Å². The number of amides is 1. The van der Waals surface area contributed by atoms with Crippen molar-refractivity contribution in [2.24, 2.45) is 5.92 Å². The van der Waals surface area contributed by atoms with Crippen molar-refractivity contribution in [2.45, 2.75) is 13.3 Å². The number of nitrogens with one attached hydrogen (secondary N) is 1. The predicted octanol–water partition coefficient (Wildman–Crippen LogP) is 3.47. The van der Waals surface area contributed by atoms with Crippen LogP contribution < -0.4 is 10.1 Å². The summed E-state index contributed by atoms with van der Waals surface area (Å²) in [5.74, 6) is -0.291. The van der Waals surface area contributed by atoms with Gasteiger partial charge in [-0.15, -0.1) is 11.3 Å². The minimum absolute atomic E-state index is 0.292. The Morgan fingerprint density at radius 2 is 2.29 bits per heavy atom. The summed E-state index contributed by atoms with van der Waals surface area (Å²) in [6.45, 7) is 2.47. The molecule has 0 radical (unpaired) electrons. The van der Waals surface area contributed by atoms with E-state index in [0.717, 1.165) is 4.88 Å². The average Bonchev–Trinajstić information content (AvgIpc) is 2.98. The molecule has 0 aliphatic heterocycles. The van der Waals surface area contributed by atoms with Crippen LogP contribution in [0, 0.1) is 17.2 Å². The number of carbonyl (C=O) groups excluding carboxylic acids is 1. The van der Waals surface area contributed by atoms with Crippen LogP contribution in [0.1, 0.15) is 11.8 Å². The molecule has 1 aromatic carbocycles. The summed E-state index contributed by atoms with van der Waals surface area (Å²) >= 11 is 1.55. The van der Waals surface area contributed by atoms with E-state index >= 15 is 0 Å². The first-order chi connectivity index (χ1) is 10.2. The van der Waals surface area contributed by atoms with Gasteiger partial charge in [0.25, 0.3) is 0 Å². The molecular weight excluding hydrogens is 284 g/mol. The minimum atomic E-state index is -0.695. The summed E-state index contributed by atoms with van der Waals surface area (Å²) in [5, 5.41) is 13.9. The van der Waals surface area contributed by atoms with Crippen LogP contribution in [0.15, 0.2) is 41.8 Å². The molecule has 0 fully saturated rings. The molecule has 2 aromatic rings. The van der Waals surface area contributed by atoms with Crippen molar-refractivity contribution in [3.8, 4) is 11.8 Å². The maximum atomic E-state index is 12.2. The SMILES string of the molecule is CCOc1cccc(NC(=O)[C@H](C#N)Cc2cccs2)c1. The molecule has 1 atom stereocenters. The Hall–Kier alpha value is -2.32. The summed E-state index contributed by atoms with van der Waals surface area (Å²) in [5.41, 5.74) is 0.636. The Bertz CT molecular complexity index is 632. The van der Waals surface area contributed by atoms with E-state index in [2.05, 4.69) is 11.4 Å². The Balaban J connectivity index is 2.02. The van der Waals surface area contributed by atoms with Crippen molar-refractivity contribution in [1.82, 2.24) is 0 Å². The molecule has 0 saturated carbocycles. The van der Waals surface area contributed by atoms with E-state index in [0.29, 0.717) is 24.5 Å². The smallest absolute Gasteiger partial charge is 0.242 e. The molecular formula is C16H16N2O2S. The average molecular weight is 300 g/mol. The van der Waals surface area contributed by atoms with Crippen molar-refractivity contribution in [1.29, 1.82) is 5.26 Å². The zero-order valence-electron chi connectivity index (χ0n) is 11.7. The van der Waals surface area contributed by atoms with Crippen molar-refractivity contribution < 1.29 is 9.53 Å². The van der Waals surface area contributed by atoms with Gasteiger partial charge >= 0.3 is 0 Å². The third kappa shape index (κ3) is 4.33. The molecule has 1 heterocycles. The van der Waals surface area contributed by atoms with E-state index in [4.69, 9.17) is 4.74 Å². The lowest BCUT2D eigenvalue weighted by molar-refractivity contribution is -0.118. The molecule has 5 heteroatoms. The van der Waals surface area contributed by atoms with Gasteiger partial charge in [0.15, 0.2) is 0 Å². The van der Waals surface area contributed by atoms with E-state index < -0.39 is 5.92 Å². The lowest BCUT2D eigenvalue weighted by Crippen LogP contribution is -2.23. The van der Waals surface area contributed by atoms with Gasteiger partial charge in [-0.05, 0) is 30.5 Å². The molecule has 0 aliphatic carbocycles. The Morgan fingerprint density at radius 1 is 1.43 bits per heavy atom. The third-order valence-corrected chi connectivity index (χ3v) is 3.77.